The fourth-order valence-corrected chi connectivity index (χ4v) is 9.30. The molecule has 1 N–H and O–H groups in total. The monoisotopic (exact) mass is 1110 g/mol. The summed E-state index contributed by atoms with van der Waals surface area (Å²) in [4.78, 5) is 40.0. The highest BCUT2D eigenvalue weighted by Crippen LogP contribution is 2.38. The summed E-state index contributed by atoms with van der Waals surface area (Å²) in [6, 6.07) is -0.936. The molecular formula is C68H119N2O7P. The average Bonchev–Trinajstić information content (AvgIpc) is 3.40. The lowest BCUT2D eigenvalue weighted by Crippen LogP contribution is -2.47. The molecule has 0 heterocycles. The zero-order valence-electron chi connectivity index (χ0n) is 51.1. The van der Waals surface area contributed by atoms with E-state index in [2.05, 4.69) is 111 Å². The standard InChI is InChI=1S/C68H119N2O7P/c1-7-10-13-16-19-22-25-28-30-32-33-34-35-36-37-38-40-43-46-49-52-55-58-61-68(72)77-66(59-56-53-50-47-44-41-27-24-21-18-15-12-9-3)65(64-76-78(73,74)75-63-62-70(4,5)6)69-67(71)60-57-54-51-48-45-42-39-31-29-26-23-20-17-14-11-8-2/h11,14,19-20,22-23,28-31,33-34,42,45,51,54,56,59,65-66H,7-10,12-13,15-18,21,24-27,32,35-41,43-44,46-50,52-53,55,57-58,60-64H2,1-6H3,(H-,69,71,73,74)/b14-11+,22-19-,23-20+,30-28-,31-29+,34-33-,45-42+,54-51+,59-56-. The molecule has 0 spiro atoms. The van der Waals surface area contributed by atoms with E-state index in [1.807, 2.05) is 45.4 Å². The number of phosphoric ester groups is 1. The summed E-state index contributed by atoms with van der Waals surface area (Å²) in [5, 5.41) is 2.98. The SMILES string of the molecule is CC/C=C/C/C=C/C/C=C/C/C=C/C/C=C/CCC(=O)NC(COP(=O)([O-])OCC[N+](C)(C)C)C(/C=C\CCCCCCCCCCCCC)OC(=O)CCCCCCCCCCCC/C=C\C/C=C\C/C=C\CCCCC. The number of hydrogen-bond acceptors (Lipinski definition) is 7. The Kier molecular flexibility index (Phi) is 54.5. The Morgan fingerprint density at radius 3 is 1.28 bits per heavy atom. The Balaban J connectivity index is 5.32. The van der Waals surface area contributed by atoms with Gasteiger partial charge in [-0.2, -0.15) is 0 Å². The van der Waals surface area contributed by atoms with Crippen molar-refractivity contribution < 1.29 is 37.3 Å². The summed E-state index contributed by atoms with van der Waals surface area (Å²) in [7, 11) is 1.13. The van der Waals surface area contributed by atoms with Crippen molar-refractivity contribution in [2.75, 3.05) is 40.9 Å². The number of carbonyl (C=O) groups excluding carboxylic acids is 2. The second-order valence-corrected chi connectivity index (χ2v) is 23.6. The maximum Gasteiger partial charge on any atom is 0.306 e. The van der Waals surface area contributed by atoms with E-state index in [-0.39, 0.29) is 31.3 Å². The minimum Gasteiger partial charge on any atom is -0.756 e. The smallest absolute Gasteiger partial charge is 0.306 e. The fourth-order valence-electron chi connectivity index (χ4n) is 8.57. The predicted octanol–water partition coefficient (Wildman–Crippen LogP) is 19.1. The van der Waals surface area contributed by atoms with Gasteiger partial charge in [-0.1, -0.05) is 252 Å². The number of likely N-dealkylation sites (N-methyl/N-ethyl adjacent to an activating group) is 1. The molecule has 78 heavy (non-hydrogen) atoms. The summed E-state index contributed by atoms with van der Waals surface area (Å²) in [6.45, 7) is 6.64. The van der Waals surface area contributed by atoms with Gasteiger partial charge in [0.2, 0.25) is 5.91 Å². The number of amides is 1. The zero-order valence-corrected chi connectivity index (χ0v) is 52.0. The van der Waals surface area contributed by atoms with Gasteiger partial charge in [-0.25, -0.2) is 0 Å². The molecule has 3 unspecified atom stereocenters. The van der Waals surface area contributed by atoms with Gasteiger partial charge in [0.05, 0.1) is 33.8 Å². The van der Waals surface area contributed by atoms with E-state index in [1.54, 1.807) is 0 Å². The predicted molar refractivity (Wildman–Crippen MR) is 334 cm³/mol. The first kappa shape index (κ1) is 74.7. The third-order valence-electron chi connectivity index (χ3n) is 13.5. The Bertz CT molecular complexity index is 1700. The molecule has 0 radical (unpaired) electrons. The quantitative estimate of drug-likeness (QED) is 0.0212. The van der Waals surface area contributed by atoms with Gasteiger partial charge in [0.15, 0.2) is 0 Å². The summed E-state index contributed by atoms with van der Waals surface area (Å²) in [5.74, 6) is -0.645. The highest BCUT2D eigenvalue weighted by atomic mass is 31.2. The molecule has 448 valence electrons. The first-order valence-electron chi connectivity index (χ1n) is 31.7. The lowest BCUT2D eigenvalue weighted by atomic mass is 10.0. The molecule has 3 atom stereocenters. The van der Waals surface area contributed by atoms with Crippen molar-refractivity contribution in [3.8, 4) is 0 Å². The van der Waals surface area contributed by atoms with Gasteiger partial charge in [-0.15, -0.1) is 0 Å². The molecular weight excluding hydrogens is 988 g/mol. The van der Waals surface area contributed by atoms with Crippen molar-refractivity contribution in [3.63, 3.8) is 0 Å². The Morgan fingerprint density at radius 1 is 0.462 bits per heavy atom. The topological polar surface area (TPSA) is 114 Å². The van der Waals surface area contributed by atoms with Gasteiger partial charge in [0.1, 0.15) is 19.3 Å². The number of quaternary nitrogens is 1. The van der Waals surface area contributed by atoms with Crippen LogP contribution in [0, 0.1) is 0 Å². The molecule has 0 aromatic heterocycles. The van der Waals surface area contributed by atoms with Crippen LogP contribution < -0.4 is 10.2 Å². The molecule has 0 aliphatic carbocycles. The van der Waals surface area contributed by atoms with E-state index >= 15 is 0 Å². The molecule has 0 bridgehead atoms. The third kappa shape index (κ3) is 57.4. The molecule has 1 amide bonds. The number of nitrogens with zero attached hydrogens (tertiary/aromatic N) is 1. The van der Waals surface area contributed by atoms with Crippen molar-refractivity contribution in [1.29, 1.82) is 0 Å². The van der Waals surface area contributed by atoms with Crippen molar-refractivity contribution in [2.24, 2.45) is 0 Å². The van der Waals surface area contributed by atoms with Crippen LogP contribution in [0.4, 0.5) is 0 Å². The van der Waals surface area contributed by atoms with Gasteiger partial charge in [-0.3, -0.25) is 14.2 Å². The van der Waals surface area contributed by atoms with Crippen LogP contribution in [0.3, 0.4) is 0 Å². The average molecular weight is 1110 g/mol. The number of hydrogen-bond donors (Lipinski definition) is 1. The van der Waals surface area contributed by atoms with Crippen molar-refractivity contribution in [1.82, 2.24) is 5.32 Å². The van der Waals surface area contributed by atoms with Crippen LogP contribution in [0.25, 0.3) is 0 Å². The lowest BCUT2D eigenvalue weighted by Gasteiger charge is -2.30. The summed E-state index contributed by atoms with van der Waals surface area (Å²) < 4.78 is 30.3. The number of unbranched alkanes of at least 4 members (excludes halogenated alkanes) is 24. The summed E-state index contributed by atoms with van der Waals surface area (Å²) in [6.07, 6.45) is 77.9. The minimum atomic E-state index is -4.73. The number of carbonyl (C=O) groups is 2. The number of rotatable bonds is 56. The first-order valence-corrected chi connectivity index (χ1v) is 33.2. The second-order valence-electron chi connectivity index (χ2n) is 22.2. The van der Waals surface area contributed by atoms with Gasteiger partial charge in [-0.05, 0) is 102 Å². The van der Waals surface area contributed by atoms with Gasteiger partial charge >= 0.3 is 5.97 Å². The molecule has 0 fully saturated rings. The minimum absolute atomic E-state index is 0.0411. The van der Waals surface area contributed by atoms with E-state index in [1.165, 1.54) is 122 Å². The van der Waals surface area contributed by atoms with E-state index in [4.69, 9.17) is 13.8 Å². The fraction of sp³-hybridized carbons (Fsp3) is 0.706. The molecule has 0 rings (SSSR count). The molecule has 0 saturated heterocycles. The molecule has 0 aliphatic heterocycles. The molecule has 0 aromatic rings. The molecule has 0 saturated carbocycles. The van der Waals surface area contributed by atoms with Crippen LogP contribution >= 0.6 is 7.82 Å². The first-order chi connectivity index (χ1) is 37.9. The van der Waals surface area contributed by atoms with Crippen LogP contribution in [-0.4, -0.2) is 69.4 Å². The van der Waals surface area contributed by atoms with E-state index in [0.29, 0.717) is 23.9 Å². The maximum atomic E-state index is 13.5. The van der Waals surface area contributed by atoms with Crippen molar-refractivity contribution in [3.05, 3.63) is 109 Å². The maximum absolute atomic E-state index is 13.5. The van der Waals surface area contributed by atoms with Crippen molar-refractivity contribution >= 4 is 19.7 Å². The van der Waals surface area contributed by atoms with Gasteiger partial charge in [0, 0.05) is 12.8 Å². The number of allylic oxidation sites excluding steroid dienone is 17. The lowest BCUT2D eigenvalue weighted by molar-refractivity contribution is -0.870. The Hall–Kier alpha value is -3.33. The Morgan fingerprint density at radius 2 is 0.833 bits per heavy atom. The van der Waals surface area contributed by atoms with Gasteiger partial charge < -0.3 is 28.5 Å². The van der Waals surface area contributed by atoms with E-state index in [0.717, 1.165) is 89.9 Å². The van der Waals surface area contributed by atoms with Crippen LogP contribution in [-0.2, 0) is 27.9 Å². The number of ether oxygens (including phenoxy) is 1. The van der Waals surface area contributed by atoms with Crippen LogP contribution in [0.1, 0.15) is 258 Å². The highest BCUT2D eigenvalue weighted by molar-refractivity contribution is 7.45. The number of nitrogens with one attached hydrogen (secondary N) is 1. The normalized spacial score (nSPS) is 14.4. The van der Waals surface area contributed by atoms with E-state index < -0.39 is 26.6 Å². The molecule has 10 heteroatoms. The van der Waals surface area contributed by atoms with Crippen LogP contribution in [0.2, 0.25) is 0 Å². The molecule has 9 nitrogen and oxygen atoms in total. The van der Waals surface area contributed by atoms with Gasteiger partial charge in [0.25, 0.3) is 7.82 Å². The zero-order chi connectivity index (χ0) is 57.2. The van der Waals surface area contributed by atoms with Crippen LogP contribution in [0.5, 0.6) is 0 Å². The summed E-state index contributed by atoms with van der Waals surface area (Å²) >= 11 is 0. The molecule has 0 aromatic carbocycles. The van der Waals surface area contributed by atoms with E-state index in [9.17, 15) is 19.0 Å². The number of phosphoric acid groups is 1. The third-order valence-corrected chi connectivity index (χ3v) is 14.4. The molecule has 0 aliphatic rings. The Labute approximate surface area is 481 Å². The van der Waals surface area contributed by atoms with Crippen molar-refractivity contribution in [2.45, 2.75) is 270 Å². The largest absolute Gasteiger partial charge is 0.756 e. The number of esters is 1. The van der Waals surface area contributed by atoms with Crippen LogP contribution in [0.15, 0.2) is 109 Å². The highest BCUT2D eigenvalue weighted by Gasteiger charge is 2.27. The summed E-state index contributed by atoms with van der Waals surface area (Å²) in [5.41, 5.74) is 0. The second kappa shape index (κ2) is 56.9.